The van der Waals surface area contributed by atoms with Crippen LogP contribution in [0.5, 0.6) is 0 Å². The highest BCUT2D eigenvalue weighted by atomic mass is 35.5. The van der Waals surface area contributed by atoms with Crippen molar-refractivity contribution in [1.29, 1.82) is 0 Å². The summed E-state index contributed by atoms with van der Waals surface area (Å²) in [6.07, 6.45) is -3.22. The lowest BCUT2D eigenvalue weighted by atomic mass is 10.0. The van der Waals surface area contributed by atoms with Crippen molar-refractivity contribution in [2.75, 3.05) is 4.90 Å². The standard InChI is InChI=1S/C17H10ClF3N4O2/c18-11-3-1-8(5-10(11)17(19,20)21)14-15(26)24-16(27)25(14)9-2-4-12-13(6-9)23-7-22-12/h1-7,14H,(H,22,23)(H,24,26,27). The van der Waals surface area contributed by atoms with Gasteiger partial charge in [0.2, 0.25) is 0 Å². The molecule has 10 heteroatoms. The number of hydrogen-bond donors (Lipinski definition) is 2. The molecular weight excluding hydrogens is 385 g/mol. The van der Waals surface area contributed by atoms with E-state index in [4.69, 9.17) is 11.6 Å². The summed E-state index contributed by atoms with van der Waals surface area (Å²) >= 11 is 5.65. The molecule has 1 atom stereocenters. The lowest BCUT2D eigenvalue weighted by Crippen LogP contribution is -2.29. The molecule has 2 heterocycles. The minimum absolute atomic E-state index is 0.000201. The molecule has 0 bridgehead atoms. The molecule has 3 aromatic rings. The first-order valence-corrected chi connectivity index (χ1v) is 8.07. The zero-order valence-corrected chi connectivity index (χ0v) is 14.1. The van der Waals surface area contributed by atoms with Gasteiger partial charge in [-0.2, -0.15) is 13.2 Å². The number of imide groups is 1. The van der Waals surface area contributed by atoms with E-state index in [0.717, 1.165) is 17.0 Å². The number of rotatable bonds is 2. The van der Waals surface area contributed by atoms with E-state index in [-0.39, 0.29) is 5.56 Å². The van der Waals surface area contributed by atoms with Gasteiger partial charge in [-0.15, -0.1) is 0 Å². The fraction of sp³-hybridized carbons (Fsp3) is 0.118. The second-order valence-electron chi connectivity index (χ2n) is 5.91. The maximum atomic E-state index is 13.2. The van der Waals surface area contributed by atoms with E-state index in [2.05, 4.69) is 15.3 Å². The number of aromatic amines is 1. The number of urea groups is 1. The van der Waals surface area contributed by atoms with Gasteiger partial charge in [-0.1, -0.05) is 17.7 Å². The van der Waals surface area contributed by atoms with Gasteiger partial charge in [0.25, 0.3) is 5.91 Å². The number of aromatic nitrogens is 2. The van der Waals surface area contributed by atoms with Crippen molar-refractivity contribution in [3.8, 4) is 0 Å². The number of nitrogens with one attached hydrogen (secondary N) is 2. The topological polar surface area (TPSA) is 78.1 Å². The maximum Gasteiger partial charge on any atom is 0.417 e. The summed E-state index contributed by atoms with van der Waals surface area (Å²) in [6, 6.07) is 5.95. The first-order chi connectivity index (χ1) is 12.8. The molecule has 0 radical (unpaired) electrons. The average molecular weight is 395 g/mol. The molecule has 3 amide bonds. The van der Waals surface area contributed by atoms with Crippen LogP contribution in [-0.2, 0) is 11.0 Å². The fourth-order valence-electron chi connectivity index (χ4n) is 3.04. The molecular formula is C17H10ClF3N4O2. The Morgan fingerprint density at radius 1 is 1.11 bits per heavy atom. The second kappa shape index (κ2) is 5.98. The summed E-state index contributed by atoms with van der Waals surface area (Å²) in [5, 5.41) is 1.65. The number of H-pyrrole nitrogens is 1. The van der Waals surface area contributed by atoms with E-state index in [1.54, 1.807) is 18.2 Å². The molecule has 1 aromatic heterocycles. The van der Waals surface area contributed by atoms with E-state index in [9.17, 15) is 22.8 Å². The molecule has 27 heavy (non-hydrogen) atoms. The quantitative estimate of drug-likeness (QED) is 0.644. The van der Waals surface area contributed by atoms with Crippen LogP contribution in [0.2, 0.25) is 5.02 Å². The first-order valence-electron chi connectivity index (χ1n) is 7.69. The normalized spacial score (nSPS) is 17.6. The molecule has 0 aliphatic carbocycles. The summed E-state index contributed by atoms with van der Waals surface area (Å²) in [5.74, 6) is -0.722. The summed E-state index contributed by atoms with van der Waals surface area (Å²) in [7, 11) is 0. The third-order valence-corrected chi connectivity index (χ3v) is 4.58. The third kappa shape index (κ3) is 2.89. The minimum atomic E-state index is -4.69. The van der Waals surface area contributed by atoms with Crippen LogP contribution in [0.4, 0.5) is 23.7 Å². The number of nitrogens with zero attached hydrogens (tertiary/aromatic N) is 2. The summed E-state index contributed by atoms with van der Waals surface area (Å²) in [6.45, 7) is 0. The number of halogens is 4. The van der Waals surface area contributed by atoms with Crippen molar-refractivity contribution in [2.24, 2.45) is 0 Å². The lowest BCUT2D eigenvalue weighted by Gasteiger charge is -2.23. The monoisotopic (exact) mass is 394 g/mol. The average Bonchev–Trinajstić information content (AvgIpc) is 3.17. The van der Waals surface area contributed by atoms with Gasteiger partial charge in [-0.25, -0.2) is 9.78 Å². The Hall–Kier alpha value is -3.07. The SMILES string of the molecule is O=C1NC(=O)N(c2ccc3nc[nH]c3c2)C1c1ccc(Cl)c(C(F)(F)F)c1. The molecule has 6 nitrogen and oxygen atoms in total. The Morgan fingerprint density at radius 2 is 1.89 bits per heavy atom. The number of hydrogen-bond acceptors (Lipinski definition) is 3. The van der Waals surface area contributed by atoms with Crippen LogP contribution in [0, 0.1) is 0 Å². The van der Waals surface area contributed by atoms with Crippen molar-refractivity contribution < 1.29 is 22.8 Å². The maximum absolute atomic E-state index is 13.2. The minimum Gasteiger partial charge on any atom is -0.345 e. The van der Waals surface area contributed by atoms with Gasteiger partial charge in [0.05, 0.1) is 27.9 Å². The van der Waals surface area contributed by atoms with Gasteiger partial charge in [0, 0.05) is 5.69 Å². The zero-order chi connectivity index (χ0) is 19.3. The van der Waals surface area contributed by atoms with Gasteiger partial charge in [0.15, 0.2) is 0 Å². The molecule has 1 unspecified atom stereocenters. The molecule has 0 saturated carbocycles. The molecule has 0 spiro atoms. The van der Waals surface area contributed by atoms with E-state index in [1.165, 1.54) is 12.4 Å². The van der Waals surface area contributed by atoms with Gasteiger partial charge < -0.3 is 4.98 Å². The van der Waals surface area contributed by atoms with Crippen molar-refractivity contribution in [3.05, 3.63) is 58.9 Å². The summed E-state index contributed by atoms with van der Waals surface area (Å²) < 4.78 is 39.5. The Bertz CT molecular complexity index is 1080. The molecule has 2 N–H and O–H groups in total. The van der Waals surface area contributed by atoms with Crippen LogP contribution in [0.15, 0.2) is 42.7 Å². The molecule has 1 aliphatic rings. The summed E-state index contributed by atoms with van der Waals surface area (Å²) in [4.78, 5) is 32.7. The predicted octanol–water partition coefficient (Wildman–Crippen LogP) is 4.03. The van der Waals surface area contributed by atoms with Gasteiger partial charge in [0.1, 0.15) is 6.04 Å². The van der Waals surface area contributed by atoms with Crippen molar-refractivity contribution in [1.82, 2.24) is 15.3 Å². The molecule has 1 aliphatic heterocycles. The first kappa shape index (κ1) is 17.3. The van der Waals surface area contributed by atoms with Crippen LogP contribution < -0.4 is 10.2 Å². The van der Waals surface area contributed by atoms with Gasteiger partial charge in [-0.3, -0.25) is 15.0 Å². The second-order valence-corrected chi connectivity index (χ2v) is 6.32. The van der Waals surface area contributed by atoms with Crippen LogP contribution >= 0.6 is 11.6 Å². The van der Waals surface area contributed by atoms with Crippen molar-refractivity contribution in [2.45, 2.75) is 12.2 Å². The predicted molar refractivity (Wildman–Crippen MR) is 91.3 cm³/mol. The van der Waals surface area contributed by atoms with Crippen LogP contribution in [0.3, 0.4) is 0 Å². The zero-order valence-electron chi connectivity index (χ0n) is 13.3. The number of fused-ring (bicyclic) bond motifs is 1. The molecule has 1 saturated heterocycles. The van der Waals surface area contributed by atoms with Crippen LogP contribution in [0.25, 0.3) is 11.0 Å². The number of imidazole rings is 1. The Labute approximate surface area is 154 Å². The largest absolute Gasteiger partial charge is 0.417 e. The molecule has 138 valence electrons. The van der Waals surface area contributed by atoms with E-state index in [1.807, 2.05) is 0 Å². The molecule has 4 rings (SSSR count). The number of amides is 3. The third-order valence-electron chi connectivity index (χ3n) is 4.25. The van der Waals surface area contributed by atoms with E-state index in [0.29, 0.717) is 16.7 Å². The number of carbonyl (C=O) groups excluding carboxylic acids is 2. The smallest absolute Gasteiger partial charge is 0.345 e. The van der Waals surface area contributed by atoms with Gasteiger partial charge >= 0.3 is 12.2 Å². The lowest BCUT2D eigenvalue weighted by molar-refractivity contribution is -0.137. The number of benzene rings is 2. The summed E-state index contributed by atoms with van der Waals surface area (Å²) in [5.41, 5.74) is 0.527. The van der Waals surface area contributed by atoms with Crippen LogP contribution in [0.1, 0.15) is 17.2 Å². The Kier molecular flexibility index (Phi) is 3.84. The van der Waals surface area contributed by atoms with Crippen molar-refractivity contribution in [3.63, 3.8) is 0 Å². The molecule has 2 aromatic carbocycles. The Balaban J connectivity index is 1.82. The van der Waals surface area contributed by atoms with E-state index >= 15 is 0 Å². The fourth-order valence-corrected chi connectivity index (χ4v) is 3.26. The van der Waals surface area contributed by atoms with Crippen molar-refractivity contribution >= 4 is 40.3 Å². The molecule has 1 fully saturated rings. The highest BCUT2D eigenvalue weighted by Crippen LogP contribution is 2.39. The number of anilines is 1. The number of carbonyl (C=O) groups is 2. The van der Waals surface area contributed by atoms with Gasteiger partial charge in [-0.05, 0) is 35.9 Å². The highest BCUT2D eigenvalue weighted by Gasteiger charge is 2.42. The van der Waals surface area contributed by atoms with E-state index < -0.39 is 34.7 Å². The highest BCUT2D eigenvalue weighted by molar-refractivity contribution is 6.31. The van der Waals surface area contributed by atoms with Crippen LogP contribution in [-0.4, -0.2) is 21.9 Å². The number of alkyl halides is 3. The Morgan fingerprint density at radius 3 is 2.63 bits per heavy atom.